The first-order valence-corrected chi connectivity index (χ1v) is 4.52. The number of benzene rings is 1. The quantitative estimate of drug-likeness (QED) is 0.763. The van der Waals surface area contributed by atoms with Crippen LogP contribution in [0.5, 0.6) is 17.4 Å². The molecular formula is C12H10NO2. The normalized spacial score (nSPS) is 9.67. The number of hydrogen-bond acceptors (Lipinski definition) is 3. The van der Waals surface area contributed by atoms with Crippen LogP contribution < -0.4 is 9.47 Å². The van der Waals surface area contributed by atoms with E-state index in [9.17, 15) is 0 Å². The van der Waals surface area contributed by atoms with Crippen molar-refractivity contribution in [1.82, 2.24) is 4.98 Å². The predicted molar refractivity (Wildman–Crippen MR) is 56.1 cm³/mol. The van der Waals surface area contributed by atoms with E-state index in [1.807, 2.05) is 18.2 Å². The highest BCUT2D eigenvalue weighted by Crippen LogP contribution is 2.23. The summed E-state index contributed by atoms with van der Waals surface area (Å²) < 4.78 is 10.6. The molecule has 0 atom stereocenters. The summed E-state index contributed by atoms with van der Waals surface area (Å²) in [6.07, 6.45) is 1.56. The highest BCUT2D eigenvalue weighted by atomic mass is 16.5. The van der Waals surface area contributed by atoms with E-state index in [1.165, 1.54) is 0 Å². The van der Waals surface area contributed by atoms with Gasteiger partial charge < -0.3 is 9.47 Å². The van der Waals surface area contributed by atoms with Crippen LogP contribution in [0.1, 0.15) is 0 Å². The molecule has 2 rings (SSSR count). The predicted octanol–water partition coefficient (Wildman–Crippen LogP) is 2.68. The minimum atomic E-state index is 0.544. The molecule has 1 heterocycles. The van der Waals surface area contributed by atoms with E-state index in [1.54, 1.807) is 31.5 Å². The number of methoxy groups -OCH3 is 1. The summed E-state index contributed by atoms with van der Waals surface area (Å²) in [7, 11) is 1.62. The molecule has 1 aromatic carbocycles. The van der Waals surface area contributed by atoms with Crippen molar-refractivity contribution >= 4 is 0 Å². The number of aromatic nitrogens is 1. The molecule has 0 spiro atoms. The monoisotopic (exact) mass is 200 g/mol. The highest BCUT2D eigenvalue weighted by Gasteiger charge is 1.98. The van der Waals surface area contributed by atoms with Gasteiger partial charge >= 0.3 is 0 Å². The lowest BCUT2D eigenvalue weighted by Gasteiger charge is -2.05. The smallest absolute Gasteiger partial charge is 0.219 e. The van der Waals surface area contributed by atoms with Crippen molar-refractivity contribution in [2.45, 2.75) is 0 Å². The fourth-order valence-electron chi connectivity index (χ4n) is 1.15. The van der Waals surface area contributed by atoms with Crippen LogP contribution in [-0.2, 0) is 0 Å². The maximum Gasteiger partial charge on any atom is 0.219 e. The first-order valence-electron chi connectivity index (χ1n) is 4.52. The van der Waals surface area contributed by atoms with E-state index >= 15 is 0 Å². The molecule has 1 radical (unpaired) electrons. The average molecular weight is 200 g/mol. The van der Waals surface area contributed by atoms with Gasteiger partial charge in [0.2, 0.25) is 5.88 Å². The summed E-state index contributed by atoms with van der Waals surface area (Å²) in [4.78, 5) is 4.01. The van der Waals surface area contributed by atoms with Gasteiger partial charge in [0.05, 0.1) is 7.11 Å². The third kappa shape index (κ3) is 2.47. The molecule has 0 N–H and O–H groups in total. The summed E-state index contributed by atoms with van der Waals surface area (Å²) in [5, 5.41) is 0. The number of rotatable bonds is 3. The Kier molecular flexibility index (Phi) is 2.83. The summed E-state index contributed by atoms with van der Waals surface area (Å²) in [6, 6.07) is 13.7. The lowest BCUT2D eigenvalue weighted by molar-refractivity contribution is 0.407. The van der Waals surface area contributed by atoms with Gasteiger partial charge in [-0.3, -0.25) is 0 Å². The van der Waals surface area contributed by atoms with Crippen LogP contribution >= 0.6 is 0 Å². The van der Waals surface area contributed by atoms with Gasteiger partial charge in [0.25, 0.3) is 0 Å². The standard InChI is InChI=1S/C12H10NO2/c1-14-10-5-4-6-11(9-10)15-12-7-2-3-8-13-12/h2,4-9H,1H3. The van der Waals surface area contributed by atoms with Crippen LogP contribution in [0.25, 0.3) is 0 Å². The van der Waals surface area contributed by atoms with Crippen LogP contribution in [0.2, 0.25) is 0 Å². The first-order chi connectivity index (χ1) is 7.38. The molecule has 0 unspecified atom stereocenters. The summed E-state index contributed by atoms with van der Waals surface area (Å²) in [5.41, 5.74) is 0. The van der Waals surface area contributed by atoms with E-state index in [0.717, 1.165) is 5.75 Å². The number of hydrogen-bond donors (Lipinski definition) is 0. The SMILES string of the molecule is COc1cccc(Oc2cc[c]cn2)c1. The van der Waals surface area contributed by atoms with Gasteiger partial charge in [0.1, 0.15) is 11.5 Å². The largest absolute Gasteiger partial charge is 0.497 e. The number of pyridine rings is 1. The lowest BCUT2D eigenvalue weighted by Crippen LogP contribution is -1.88. The second-order valence-electron chi connectivity index (χ2n) is 2.88. The second kappa shape index (κ2) is 4.46. The molecule has 0 saturated carbocycles. The number of ether oxygens (including phenoxy) is 2. The molecule has 3 nitrogen and oxygen atoms in total. The maximum absolute atomic E-state index is 5.51. The van der Waals surface area contributed by atoms with Crippen molar-refractivity contribution in [2.75, 3.05) is 7.11 Å². The molecule has 0 aliphatic heterocycles. The maximum atomic E-state index is 5.51. The van der Waals surface area contributed by atoms with Gasteiger partial charge in [-0.15, -0.1) is 0 Å². The zero-order valence-electron chi connectivity index (χ0n) is 8.31. The highest BCUT2D eigenvalue weighted by molar-refractivity contribution is 5.34. The Labute approximate surface area is 88.3 Å². The van der Waals surface area contributed by atoms with Crippen molar-refractivity contribution in [1.29, 1.82) is 0 Å². The molecule has 0 saturated heterocycles. The van der Waals surface area contributed by atoms with E-state index < -0.39 is 0 Å². The Bertz CT molecular complexity index is 429. The Hall–Kier alpha value is -2.03. The van der Waals surface area contributed by atoms with Crippen LogP contribution in [-0.4, -0.2) is 12.1 Å². The fraction of sp³-hybridized carbons (Fsp3) is 0.0833. The van der Waals surface area contributed by atoms with Crippen LogP contribution in [0.4, 0.5) is 0 Å². The van der Waals surface area contributed by atoms with E-state index in [4.69, 9.17) is 9.47 Å². The van der Waals surface area contributed by atoms with Crippen molar-refractivity contribution in [3.05, 3.63) is 48.7 Å². The van der Waals surface area contributed by atoms with Crippen LogP contribution in [0.3, 0.4) is 0 Å². The van der Waals surface area contributed by atoms with Gasteiger partial charge in [-0.1, -0.05) is 6.07 Å². The first kappa shape index (κ1) is 9.52. The Morgan fingerprint density at radius 2 is 2.07 bits per heavy atom. The van der Waals surface area contributed by atoms with Crippen LogP contribution in [0.15, 0.2) is 42.6 Å². The molecular weight excluding hydrogens is 190 g/mol. The molecule has 3 heteroatoms. The summed E-state index contributed by atoms with van der Waals surface area (Å²) in [6.45, 7) is 0. The van der Waals surface area contributed by atoms with E-state index in [0.29, 0.717) is 11.6 Å². The Balaban J connectivity index is 2.17. The van der Waals surface area contributed by atoms with Crippen molar-refractivity contribution in [3.63, 3.8) is 0 Å². The second-order valence-corrected chi connectivity index (χ2v) is 2.88. The number of nitrogens with zero attached hydrogens (tertiary/aromatic N) is 1. The topological polar surface area (TPSA) is 31.4 Å². The van der Waals surface area contributed by atoms with Gasteiger partial charge in [0.15, 0.2) is 0 Å². The summed E-state index contributed by atoms with van der Waals surface area (Å²) in [5.74, 6) is 2.00. The van der Waals surface area contributed by atoms with Crippen molar-refractivity contribution in [3.8, 4) is 17.4 Å². The molecule has 2 aromatic rings. The zero-order valence-corrected chi connectivity index (χ0v) is 8.31. The third-order valence-corrected chi connectivity index (χ3v) is 1.85. The molecule has 1 aromatic heterocycles. The fourth-order valence-corrected chi connectivity index (χ4v) is 1.15. The molecule has 0 amide bonds. The van der Waals surface area contributed by atoms with E-state index in [-0.39, 0.29) is 0 Å². The van der Waals surface area contributed by atoms with Crippen molar-refractivity contribution in [2.24, 2.45) is 0 Å². The molecule has 0 aliphatic carbocycles. The summed E-state index contributed by atoms with van der Waals surface area (Å²) >= 11 is 0. The zero-order chi connectivity index (χ0) is 10.5. The van der Waals surface area contributed by atoms with Gasteiger partial charge in [-0.25, -0.2) is 4.98 Å². The minimum Gasteiger partial charge on any atom is -0.497 e. The molecule has 75 valence electrons. The lowest BCUT2D eigenvalue weighted by atomic mass is 10.3. The molecule has 15 heavy (non-hydrogen) atoms. The molecule has 0 bridgehead atoms. The van der Waals surface area contributed by atoms with Gasteiger partial charge in [0, 0.05) is 24.4 Å². The average Bonchev–Trinajstić information content (AvgIpc) is 2.31. The molecule has 0 aliphatic rings. The molecule has 0 fully saturated rings. The van der Waals surface area contributed by atoms with Crippen molar-refractivity contribution < 1.29 is 9.47 Å². The van der Waals surface area contributed by atoms with Gasteiger partial charge in [-0.05, 0) is 18.2 Å². The van der Waals surface area contributed by atoms with E-state index in [2.05, 4.69) is 11.1 Å². The Morgan fingerprint density at radius 3 is 2.80 bits per heavy atom. The third-order valence-electron chi connectivity index (χ3n) is 1.85. The van der Waals surface area contributed by atoms with Gasteiger partial charge in [-0.2, -0.15) is 0 Å². The van der Waals surface area contributed by atoms with Crippen LogP contribution in [0, 0.1) is 6.07 Å². The minimum absolute atomic E-state index is 0.544. The Morgan fingerprint density at radius 1 is 1.20 bits per heavy atom.